The molecule has 4 heteroatoms. The maximum atomic E-state index is 5.40. The minimum Gasteiger partial charge on any atom is -0.318 e. The van der Waals surface area contributed by atoms with Crippen molar-refractivity contribution in [3.63, 3.8) is 0 Å². The van der Waals surface area contributed by atoms with E-state index < -0.39 is 0 Å². The van der Waals surface area contributed by atoms with Crippen molar-refractivity contribution in [1.29, 1.82) is 0 Å². The van der Waals surface area contributed by atoms with Crippen molar-refractivity contribution in [2.24, 2.45) is 0 Å². The molecule has 0 aliphatic carbocycles. The third-order valence-corrected chi connectivity index (χ3v) is 12.7. The minimum atomic E-state index is 0.606. The first-order chi connectivity index (χ1) is 31.7. The Kier molecular flexibility index (Phi) is 9.01. The third-order valence-electron chi connectivity index (χ3n) is 12.7. The Bertz CT molecular complexity index is 3710. The van der Waals surface area contributed by atoms with Gasteiger partial charge in [-0.2, -0.15) is 0 Å². The largest absolute Gasteiger partial charge is 0.318 e. The summed E-state index contributed by atoms with van der Waals surface area (Å²) < 4.78 is 2.26. The highest BCUT2D eigenvalue weighted by Gasteiger charge is 2.25. The lowest BCUT2D eigenvalue weighted by atomic mass is 9.84. The van der Waals surface area contributed by atoms with E-state index in [0.29, 0.717) is 6.54 Å². The van der Waals surface area contributed by atoms with Gasteiger partial charge < -0.3 is 4.57 Å². The van der Waals surface area contributed by atoms with Crippen molar-refractivity contribution in [2.45, 2.75) is 6.54 Å². The maximum Gasteiger partial charge on any atom is 0.142 e. The molecular weight excluding hydrogens is 777 g/mol. The highest BCUT2D eigenvalue weighted by Crippen LogP contribution is 2.46. The van der Waals surface area contributed by atoms with E-state index in [0.717, 1.165) is 56.4 Å². The molecule has 0 radical (unpaired) electrons. The van der Waals surface area contributed by atoms with Crippen LogP contribution >= 0.6 is 0 Å². The van der Waals surface area contributed by atoms with Gasteiger partial charge >= 0.3 is 0 Å². The summed E-state index contributed by atoms with van der Waals surface area (Å²) in [4.78, 5) is 15.0. The zero-order valence-corrected chi connectivity index (χ0v) is 35.0. The monoisotopic (exact) mass is 816 g/mol. The number of nitrogens with zero attached hydrogens (tertiary/aromatic N) is 4. The maximum absolute atomic E-state index is 5.40. The number of fused-ring (bicyclic) bond motifs is 7. The summed E-state index contributed by atoms with van der Waals surface area (Å²) in [6.07, 6.45) is 12.1. The Morgan fingerprint density at radius 3 is 1.67 bits per heavy atom. The molecule has 4 nitrogen and oxygen atoms in total. The predicted octanol–water partition coefficient (Wildman–Crippen LogP) is 15.4. The molecule has 64 heavy (non-hydrogen) atoms. The van der Waals surface area contributed by atoms with E-state index in [9.17, 15) is 0 Å². The van der Waals surface area contributed by atoms with E-state index in [1.54, 1.807) is 0 Å². The molecule has 0 saturated carbocycles. The van der Waals surface area contributed by atoms with Gasteiger partial charge in [-0.05, 0) is 136 Å². The molecular formula is C60H40N4. The minimum absolute atomic E-state index is 0.606. The molecule has 1 aliphatic rings. The topological polar surface area (TPSA) is 43.6 Å². The second-order valence-corrected chi connectivity index (χ2v) is 16.4. The second kappa shape index (κ2) is 15.5. The standard InChI is InChI=1S/C60H40N4/c1-39-15-3-2-14-34-64-59(55-23-11-13-33-62-55)58(54-22-10-12-32-61-54)63-60(64)51-31-29-44(37-52(39)51)45-28-30-50-53(38-45)57(47-27-25-41-17-5-7-19-43(41)36-47)49-21-9-8-20-48(49)56(50)46-26-24-40-16-4-6-18-42(40)35-46/h2-33,35-38H,1,34H2/b14-2-,15-3-. The van der Waals surface area contributed by atoms with Crippen LogP contribution in [0, 0.1) is 0 Å². The van der Waals surface area contributed by atoms with Crippen LogP contribution in [0.2, 0.25) is 0 Å². The first kappa shape index (κ1) is 37.3. The van der Waals surface area contributed by atoms with Gasteiger partial charge in [0.1, 0.15) is 11.5 Å². The number of hydrogen-bond donors (Lipinski definition) is 0. The normalized spacial score (nSPS) is 13.5. The summed E-state index contributed by atoms with van der Waals surface area (Å²) in [5.41, 5.74) is 13.4. The molecule has 0 atom stereocenters. The van der Waals surface area contributed by atoms with Crippen LogP contribution in [-0.4, -0.2) is 19.5 Å². The first-order valence-corrected chi connectivity index (χ1v) is 21.7. The van der Waals surface area contributed by atoms with Crippen molar-refractivity contribution in [3.8, 4) is 67.5 Å². The fourth-order valence-electron chi connectivity index (χ4n) is 9.64. The van der Waals surface area contributed by atoms with E-state index in [-0.39, 0.29) is 0 Å². The number of rotatable bonds is 5. The third kappa shape index (κ3) is 6.35. The highest BCUT2D eigenvalue weighted by atomic mass is 15.1. The van der Waals surface area contributed by atoms with Crippen LogP contribution in [0.4, 0.5) is 0 Å². The molecule has 1 aliphatic heterocycles. The summed E-state index contributed by atoms with van der Waals surface area (Å²) in [5.74, 6) is 0.840. The lowest BCUT2D eigenvalue weighted by Crippen LogP contribution is -2.04. The molecule has 4 heterocycles. The molecule has 11 aromatic rings. The van der Waals surface area contributed by atoms with Gasteiger partial charge in [0.25, 0.3) is 0 Å². The molecule has 0 amide bonds. The summed E-state index contributed by atoms with van der Waals surface area (Å²) in [5, 5.41) is 9.78. The SMILES string of the molecule is C=C1/C=C\C=C/Cn2c(nc(-c3ccccn3)c2-c2ccccn2)-c2ccc(-c3ccc4c(-c5ccc6ccccc6c5)c5ccccc5c(-c5ccc6ccccc6c5)c4c3)cc21. The number of aromatic nitrogens is 4. The molecule has 8 aromatic carbocycles. The van der Waals surface area contributed by atoms with Gasteiger partial charge in [0.2, 0.25) is 0 Å². The smallest absolute Gasteiger partial charge is 0.142 e. The van der Waals surface area contributed by atoms with Crippen molar-refractivity contribution in [3.05, 3.63) is 231 Å². The lowest BCUT2D eigenvalue weighted by Gasteiger charge is -2.20. The van der Waals surface area contributed by atoms with E-state index in [1.165, 1.54) is 65.3 Å². The number of pyridine rings is 2. The van der Waals surface area contributed by atoms with Crippen molar-refractivity contribution in [1.82, 2.24) is 19.5 Å². The fourth-order valence-corrected chi connectivity index (χ4v) is 9.64. The predicted molar refractivity (Wildman–Crippen MR) is 268 cm³/mol. The summed E-state index contributed by atoms with van der Waals surface area (Å²) >= 11 is 0. The van der Waals surface area contributed by atoms with Crippen molar-refractivity contribution in [2.75, 3.05) is 0 Å². The van der Waals surface area contributed by atoms with Crippen LogP contribution in [0.25, 0.3) is 116 Å². The Balaban J connectivity index is 1.10. The Morgan fingerprint density at radius 1 is 0.438 bits per heavy atom. The molecule has 300 valence electrons. The van der Waals surface area contributed by atoms with Crippen molar-refractivity contribution < 1.29 is 0 Å². The fraction of sp³-hybridized carbons (Fsp3) is 0.0167. The molecule has 0 unspecified atom stereocenters. The number of imidazole rings is 1. The van der Waals surface area contributed by atoms with E-state index in [1.807, 2.05) is 48.8 Å². The van der Waals surface area contributed by atoms with Gasteiger partial charge in [0, 0.05) is 24.5 Å². The summed E-state index contributed by atoms with van der Waals surface area (Å²) in [6, 6.07) is 65.6. The van der Waals surface area contributed by atoms with Gasteiger partial charge in [-0.25, -0.2) is 4.98 Å². The second-order valence-electron chi connectivity index (χ2n) is 16.4. The molecule has 0 bridgehead atoms. The van der Waals surface area contributed by atoms with Crippen LogP contribution < -0.4 is 0 Å². The Labute approximate surface area is 371 Å². The van der Waals surface area contributed by atoms with E-state index in [2.05, 4.69) is 181 Å². The van der Waals surface area contributed by atoms with E-state index in [4.69, 9.17) is 15.0 Å². The molecule has 0 saturated heterocycles. The van der Waals surface area contributed by atoms with E-state index >= 15 is 0 Å². The van der Waals surface area contributed by atoms with Gasteiger partial charge in [-0.1, -0.05) is 164 Å². The van der Waals surface area contributed by atoms with Crippen molar-refractivity contribution >= 4 is 48.7 Å². The van der Waals surface area contributed by atoms with Crippen LogP contribution in [0.3, 0.4) is 0 Å². The molecule has 0 fully saturated rings. The molecule has 0 N–H and O–H groups in total. The lowest BCUT2D eigenvalue weighted by molar-refractivity contribution is 0.835. The van der Waals surface area contributed by atoms with Crippen LogP contribution in [0.1, 0.15) is 5.56 Å². The Hall–Kier alpha value is -8.47. The van der Waals surface area contributed by atoms with Gasteiger partial charge in [0.15, 0.2) is 0 Å². The summed E-state index contributed by atoms with van der Waals surface area (Å²) in [7, 11) is 0. The Morgan fingerprint density at radius 2 is 1.00 bits per heavy atom. The number of allylic oxidation sites excluding steroid dienone is 5. The number of benzene rings is 8. The van der Waals surface area contributed by atoms with Gasteiger partial charge in [0.05, 0.1) is 17.1 Å². The van der Waals surface area contributed by atoms with Gasteiger partial charge in [-0.3, -0.25) is 9.97 Å². The molecule has 3 aromatic heterocycles. The quantitative estimate of drug-likeness (QED) is 0.163. The molecule has 12 rings (SSSR count). The van der Waals surface area contributed by atoms with Crippen LogP contribution in [0.5, 0.6) is 0 Å². The average Bonchev–Trinajstić information content (AvgIpc) is 3.74. The molecule has 0 spiro atoms. The van der Waals surface area contributed by atoms with Crippen LogP contribution in [-0.2, 0) is 6.54 Å². The number of hydrogen-bond acceptors (Lipinski definition) is 3. The van der Waals surface area contributed by atoms with Crippen LogP contribution in [0.15, 0.2) is 225 Å². The summed E-state index contributed by atoms with van der Waals surface area (Å²) in [6.45, 7) is 5.24. The first-order valence-electron chi connectivity index (χ1n) is 21.7. The zero-order valence-electron chi connectivity index (χ0n) is 35.0. The average molecular weight is 817 g/mol. The highest BCUT2D eigenvalue weighted by molar-refractivity contribution is 6.22. The van der Waals surface area contributed by atoms with Gasteiger partial charge in [-0.15, -0.1) is 0 Å². The zero-order chi connectivity index (χ0) is 42.6.